The molecule has 0 aliphatic rings. The summed E-state index contributed by atoms with van der Waals surface area (Å²) in [7, 11) is 0. The van der Waals surface area contributed by atoms with Gasteiger partial charge in [0.1, 0.15) is 0 Å². The van der Waals surface area contributed by atoms with Crippen molar-refractivity contribution in [1.29, 1.82) is 0 Å². The van der Waals surface area contributed by atoms with Crippen LogP contribution >= 0.6 is 0 Å². The van der Waals surface area contributed by atoms with E-state index in [1.54, 1.807) is 0 Å². The van der Waals surface area contributed by atoms with Gasteiger partial charge in [0, 0.05) is 13.1 Å². The maximum atomic E-state index is 8.68. The molecule has 0 saturated carbocycles. The van der Waals surface area contributed by atoms with E-state index in [2.05, 4.69) is 24.1 Å². The highest BCUT2D eigenvalue weighted by Crippen LogP contribution is 2.06. The topological polar surface area (TPSA) is 35.5 Å². The first kappa shape index (κ1) is 16.9. The second-order valence-corrected chi connectivity index (χ2v) is 4.77. The number of aliphatic hydroxyl groups excluding tert-OH is 1. The third-order valence-electron chi connectivity index (χ3n) is 3.08. The Hall–Kier alpha value is -0.120. The van der Waals surface area contributed by atoms with Crippen molar-refractivity contribution >= 4 is 0 Å². The molecule has 0 aromatic carbocycles. The van der Waals surface area contributed by atoms with Gasteiger partial charge in [-0.25, -0.2) is 0 Å². The number of nitrogens with one attached hydrogen (secondary N) is 1. The molecule has 0 atom stereocenters. The maximum Gasteiger partial charge on any atom is 0.0931 e. The third-order valence-corrected chi connectivity index (χ3v) is 3.08. The van der Waals surface area contributed by atoms with E-state index in [0.717, 1.165) is 13.1 Å². The Balaban J connectivity index is 3.41. The van der Waals surface area contributed by atoms with Gasteiger partial charge >= 0.3 is 0 Å². The van der Waals surface area contributed by atoms with Gasteiger partial charge in [0.15, 0.2) is 0 Å². The highest BCUT2D eigenvalue weighted by Gasteiger charge is 2.02. The van der Waals surface area contributed by atoms with E-state index in [4.69, 9.17) is 5.11 Å². The van der Waals surface area contributed by atoms with E-state index in [1.165, 1.54) is 58.0 Å². The van der Waals surface area contributed by atoms with Crippen molar-refractivity contribution in [2.75, 3.05) is 32.9 Å². The molecule has 0 aromatic rings. The molecule has 0 heterocycles. The molecule has 0 radical (unpaired) electrons. The fourth-order valence-electron chi connectivity index (χ4n) is 2.08. The van der Waals surface area contributed by atoms with Crippen molar-refractivity contribution in [1.82, 2.24) is 10.2 Å². The predicted molar refractivity (Wildman–Crippen MR) is 75.2 cm³/mol. The van der Waals surface area contributed by atoms with Crippen LogP contribution in [0, 0.1) is 0 Å². The summed E-state index contributed by atoms with van der Waals surface area (Å²) in [5.74, 6) is 0. The molecule has 0 aromatic heterocycles. The van der Waals surface area contributed by atoms with Gasteiger partial charge in [-0.3, -0.25) is 5.32 Å². The molecule has 17 heavy (non-hydrogen) atoms. The number of hydrogen-bond donors (Lipinski definition) is 2. The lowest BCUT2D eigenvalue weighted by atomic mass is 10.1. The molecule has 0 saturated heterocycles. The second-order valence-electron chi connectivity index (χ2n) is 4.77. The molecule has 0 fully saturated rings. The van der Waals surface area contributed by atoms with E-state index in [0.29, 0.717) is 0 Å². The normalized spacial score (nSPS) is 11.3. The van der Waals surface area contributed by atoms with Crippen LogP contribution in [0.2, 0.25) is 0 Å². The molecule has 3 nitrogen and oxygen atoms in total. The lowest BCUT2D eigenvalue weighted by molar-refractivity contribution is 0.229. The lowest BCUT2D eigenvalue weighted by Gasteiger charge is -2.21. The average molecular weight is 244 g/mol. The summed E-state index contributed by atoms with van der Waals surface area (Å²) in [5, 5.41) is 11.6. The van der Waals surface area contributed by atoms with Gasteiger partial charge in [0.05, 0.1) is 6.73 Å². The predicted octanol–water partition coefficient (Wildman–Crippen LogP) is 2.60. The zero-order valence-electron chi connectivity index (χ0n) is 11.9. The van der Waals surface area contributed by atoms with Crippen molar-refractivity contribution in [3.8, 4) is 0 Å². The molecule has 2 N–H and O–H groups in total. The first-order valence-corrected chi connectivity index (χ1v) is 7.39. The molecular formula is C14H32N2O. The van der Waals surface area contributed by atoms with Crippen molar-refractivity contribution in [2.24, 2.45) is 0 Å². The second kappa shape index (κ2) is 13.9. The van der Waals surface area contributed by atoms with Crippen LogP contribution in [0.4, 0.5) is 0 Å². The van der Waals surface area contributed by atoms with E-state index in [-0.39, 0.29) is 6.73 Å². The number of aliphatic hydroxyl groups is 1. The zero-order chi connectivity index (χ0) is 12.8. The number of hydrogen-bond acceptors (Lipinski definition) is 3. The van der Waals surface area contributed by atoms with Crippen molar-refractivity contribution in [2.45, 2.75) is 58.8 Å². The maximum absolute atomic E-state index is 8.68. The molecule has 3 heteroatoms. The monoisotopic (exact) mass is 244 g/mol. The van der Waals surface area contributed by atoms with Crippen LogP contribution in [-0.4, -0.2) is 42.9 Å². The number of unbranched alkanes of at least 4 members (excludes halogenated alkanes) is 5. The molecule has 104 valence electrons. The van der Waals surface area contributed by atoms with Crippen LogP contribution in [0.25, 0.3) is 0 Å². The van der Waals surface area contributed by atoms with Gasteiger partial charge in [0.25, 0.3) is 0 Å². The summed E-state index contributed by atoms with van der Waals surface area (Å²) in [6.07, 6.45) is 9.42. The van der Waals surface area contributed by atoms with Gasteiger partial charge in [-0.15, -0.1) is 0 Å². The van der Waals surface area contributed by atoms with Crippen molar-refractivity contribution < 1.29 is 5.11 Å². The first-order chi connectivity index (χ1) is 8.35. The standard InChI is InChI=1S/C14H32N2O/c1-3-5-6-7-8-9-12-16(11-4-2)13-10-15-14-17/h15,17H,3-14H2,1-2H3. The molecule has 0 aliphatic heterocycles. The van der Waals surface area contributed by atoms with Crippen LogP contribution < -0.4 is 5.32 Å². The minimum atomic E-state index is 0.0942. The van der Waals surface area contributed by atoms with Crippen molar-refractivity contribution in [3.63, 3.8) is 0 Å². The van der Waals surface area contributed by atoms with E-state index >= 15 is 0 Å². The minimum absolute atomic E-state index is 0.0942. The molecule has 0 bridgehead atoms. The van der Waals surface area contributed by atoms with Gasteiger partial charge in [-0.2, -0.15) is 0 Å². The Morgan fingerprint density at radius 1 is 0.824 bits per heavy atom. The Bertz CT molecular complexity index is 142. The molecular weight excluding hydrogens is 212 g/mol. The van der Waals surface area contributed by atoms with E-state index in [1.807, 2.05) is 0 Å². The van der Waals surface area contributed by atoms with Gasteiger partial charge in [-0.1, -0.05) is 46.0 Å². The average Bonchev–Trinajstić information content (AvgIpc) is 2.34. The lowest BCUT2D eigenvalue weighted by Crippen LogP contribution is -2.33. The van der Waals surface area contributed by atoms with E-state index in [9.17, 15) is 0 Å². The Morgan fingerprint density at radius 2 is 1.53 bits per heavy atom. The molecule has 0 rings (SSSR count). The summed E-state index contributed by atoms with van der Waals surface area (Å²) >= 11 is 0. The highest BCUT2D eigenvalue weighted by atomic mass is 16.3. The summed E-state index contributed by atoms with van der Waals surface area (Å²) < 4.78 is 0. The third kappa shape index (κ3) is 12.1. The quantitative estimate of drug-likeness (QED) is 0.386. The van der Waals surface area contributed by atoms with Crippen LogP contribution in [-0.2, 0) is 0 Å². The molecule has 0 unspecified atom stereocenters. The summed E-state index contributed by atoms with van der Waals surface area (Å²) in [4.78, 5) is 2.50. The smallest absolute Gasteiger partial charge is 0.0931 e. The Labute approximate surface area is 108 Å². The highest BCUT2D eigenvalue weighted by molar-refractivity contribution is 4.59. The summed E-state index contributed by atoms with van der Waals surface area (Å²) in [6.45, 7) is 8.94. The first-order valence-electron chi connectivity index (χ1n) is 7.39. The van der Waals surface area contributed by atoms with E-state index < -0.39 is 0 Å². The fraction of sp³-hybridized carbons (Fsp3) is 1.00. The van der Waals surface area contributed by atoms with Gasteiger partial charge < -0.3 is 10.0 Å². The molecule has 0 spiro atoms. The van der Waals surface area contributed by atoms with Crippen LogP contribution in [0.3, 0.4) is 0 Å². The van der Waals surface area contributed by atoms with Crippen molar-refractivity contribution in [3.05, 3.63) is 0 Å². The fourth-order valence-corrected chi connectivity index (χ4v) is 2.08. The minimum Gasteiger partial charge on any atom is -0.381 e. The zero-order valence-corrected chi connectivity index (χ0v) is 11.9. The Morgan fingerprint density at radius 3 is 2.18 bits per heavy atom. The largest absolute Gasteiger partial charge is 0.381 e. The van der Waals surface area contributed by atoms with Crippen LogP contribution in [0.5, 0.6) is 0 Å². The van der Waals surface area contributed by atoms with Gasteiger partial charge in [-0.05, 0) is 25.9 Å². The molecule has 0 aliphatic carbocycles. The number of nitrogens with zero attached hydrogens (tertiary/aromatic N) is 1. The SMILES string of the molecule is CCCCCCCCN(CCC)CCNCO. The molecule has 0 amide bonds. The van der Waals surface area contributed by atoms with Crippen LogP contribution in [0.15, 0.2) is 0 Å². The summed E-state index contributed by atoms with van der Waals surface area (Å²) in [6, 6.07) is 0. The van der Waals surface area contributed by atoms with Crippen LogP contribution in [0.1, 0.15) is 58.8 Å². The Kier molecular flexibility index (Phi) is 13.8. The van der Waals surface area contributed by atoms with Gasteiger partial charge in [0.2, 0.25) is 0 Å². The summed E-state index contributed by atoms with van der Waals surface area (Å²) in [5.41, 5.74) is 0. The number of rotatable bonds is 13.